The van der Waals surface area contributed by atoms with Gasteiger partial charge >= 0.3 is 0 Å². The van der Waals surface area contributed by atoms with E-state index in [0.717, 1.165) is 25.8 Å². The SMILES string of the molecule is CCCC1NC(C(C)CC)C(=O)N1CC1(C)CCCCC1. The zero-order chi connectivity index (χ0) is 15.5. The smallest absolute Gasteiger partial charge is 0.241 e. The Hall–Kier alpha value is -0.570. The summed E-state index contributed by atoms with van der Waals surface area (Å²) in [6, 6.07) is 0.0405. The van der Waals surface area contributed by atoms with Gasteiger partial charge in [0.15, 0.2) is 0 Å². The highest BCUT2D eigenvalue weighted by molar-refractivity contribution is 5.84. The molecule has 0 aromatic rings. The lowest BCUT2D eigenvalue weighted by Gasteiger charge is -2.39. The van der Waals surface area contributed by atoms with Gasteiger partial charge in [0.2, 0.25) is 5.91 Å². The molecular formula is C18H34N2O. The number of nitrogens with zero attached hydrogens (tertiary/aromatic N) is 1. The predicted octanol–water partition coefficient (Wildman–Crippen LogP) is 3.93. The van der Waals surface area contributed by atoms with Gasteiger partial charge in [0.05, 0.1) is 12.2 Å². The van der Waals surface area contributed by atoms with Gasteiger partial charge in [-0.1, -0.05) is 59.8 Å². The van der Waals surface area contributed by atoms with Crippen LogP contribution in [0.3, 0.4) is 0 Å². The van der Waals surface area contributed by atoms with Crippen molar-refractivity contribution >= 4 is 5.91 Å². The Kier molecular flexibility index (Phi) is 5.70. The summed E-state index contributed by atoms with van der Waals surface area (Å²) in [5, 5.41) is 3.63. The standard InChI is InChI=1S/C18H34N2O/c1-5-10-15-19-16(14(3)6-2)17(21)20(15)13-18(4)11-8-7-9-12-18/h14-16,19H,5-13H2,1-4H3. The van der Waals surface area contributed by atoms with E-state index in [9.17, 15) is 4.79 Å². The minimum atomic E-state index is 0.0405. The fraction of sp³-hybridized carbons (Fsp3) is 0.944. The lowest BCUT2D eigenvalue weighted by atomic mass is 9.75. The molecule has 122 valence electrons. The third kappa shape index (κ3) is 3.80. The monoisotopic (exact) mass is 294 g/mol. The van der Waals surface area contributed by atoms with Crippen LogP contribution in [0.4, 0.5) is 0 Å². The van der Waals surface area contributed by atoms with Crippen molar-refractivity contribution in [1.29, 1.82) is 0 Å². The van der Waals surface area contributed by atoms with Crippen molar-refractivity contribution in [1.82, 2.24) is 10.2 Å². The molecule has 1 aliphatic heterocycles. The van der Waals surface area contributed by atoms with E-state index >= 15 is 0 Å². The second-order valence-corrected chi connectivity index (χ2v) is 7.67. The molecule has 21 heavy (non-hydrogen) atoms. The second-order valence-electron chi connectivity index (χ2n) is 7.67. The molecule has 1 N–H and O–H groups in total. The summed E-state index contributed by atoms with van der Waals surface area (Å²) < 4.78 is 0. The van der Waals surface area contributed by atoms with E-state index in [1.54, 1.807) is 0 Å². The molecule has 3 atom stereocenters. The number of amides is 1. The molecule has 1 amide bonds. The maximum absolute atomic E-state index is 12.9. The molecule has 0 aromatic carbocycles. The summed E-state index contributed by atoms with van der Waals surface area (Å²) in [7, 11) is 0. The largest absolute Gasteiger partial charge is 0.325 e. The van der Waals surface area contributed by atoms with Gasteiger partial charge < -0.3 is 4.90 Å². The predicted molar refractivity (Wildman–Crippen MR) is 88.0 cm³/mol. The van der Waals surface area contributed by atoms with Gasteiger partial charge in [-0.15, -0.1) is 0 Å². The number of carbonyl (C=O) groups excluding carboxylic acids is 1. The molecule has 2 aliphatic rings. The lowest BCUT2D eigenvalue weighted by Crippen LogP contribution is -2.44. The van der Waals surface area contributed by atoms with E-state index in [1.807, 2.05) is 0 Å². The topological polar surface area (TPSA) is 32.3 Å². The van der Waals surface area contributed by atoms with Gasteiger partial charge in [0.1, 0.15) is 0 Å². The maximum atomic E-state index is 12.9. The maximum Gasteiger partial charge on any atom is 0.241 e. The lowest BCUT2D eigenvalue weighted by molar-refractivity contribution is -0.132. The Labute approximate surface area is 130 Å². The van der Waals surface area contributed by atoms with Gasteiger partial charge in [0, 0.05) is 6.54 Å². The van der Waals surface area contributed by atoms with Crippen LogP contribution in [0.15, 0.2) is 0 Å². The van der Waals surface area contributed by atoms with Crippen molar-refractivity contribution in [3.63, 3.8) is 0 Å². The molecular weight excluding hydrogens is 260 g/mol. The van der Waals surface area contributed by atoms with Crippen molar-refractivity contribution in [2.45, 2.75) is 91.3 Å². The first-order chi connectivity index (χ1) is 10.0. The van der Waals surface area contributed by atoms with Crippen molar-refractivity contribution in [2.24, 2.45) is 11.3 Å². The number of hydrogen-bond acceptors (Lipinski definition) is 2. The highest BCUT2D eigenvalue weighted by Gasteiger charge is 2.43. The molecule has 3 unspecified atom stereocenters. The van der Waals surface area contributed by atoms with Crippen LogP contribution in [0, 0.1) is 11.3 Å². The number of nitrogens with one attached hydrogen (secondary N) is 1. The molecule has 0 radical (unpaired) electrons. The summed E-state index contributed by atoms with van der Waals surface area (Å²) in [4.78, 5) is 15.1. The first-order valence-electron chi connectivity index (χ1n) is 9.07. The van der Waals surface area contributed by atoms with Crippen LogP contribution < -0.4 is 5.32 Å². The summed E-state index contributed by atoms with van der Waals surface area (Å²) >= 11 is 0. The molecule has 3 heteroatoms. The molecule has 0 aromatic heterocycles. The van der Waals surface area contributed by atoms with Crippen LogP contribution in [0.25, 0.3) is 0 Å². The first kappa shape index (κ1) is 16.8. The van der Waals surface area contributed by atoms with Crippen LogP contribution in [0.1, 0.15) is 79.1 Å². The quantitative estimate of drug-likeness (QED) is 0.805. The molecule has 0 bridgehead atoms. The highest BCUT2D eigenvalue weighted by atomic mass is 16.2. The Morgan fingerprint density at radius 1 is 1.29 bits per heavy atom. The van der Waals surface area contributed by atoms with Gasteiger partial charge in [0.25, 0.3) is 0 Å². The molecule has 1 saturated heterocycles. The van der Waals surface area contributed by atoms with Crippen LogP contribution in [-0.2, 0) is 4.79 Å². The number of carbonyl (C=O) groups is 1. The van der Waals surface area contributed by atoms with E-state index in [-0.39, 0.29) is 12.2 Å². The Morgan fingerprint density at radius 3 is 2.52 bits per heavy atom. The Balaban J connectivity index is 2.08. The van der Waals surface area contributed by atoms with Crippen LogP contribution in [-0.4, -0.2) is 29.6 Å². The summed E-state index contributed by atoms with van der Waals surface area (Å²) in [6.45, 7) is 9.93. The Morgan fingerprint density at radius 2 is 1.95 bits per heavy atom. The average Bonchev–Trinajstić information content (AvgIpc) is 2.76. The Bertz CT molecular complexity index is 349. The molecule has 3 nitrogen and oxygen atoms in total. The molecule has 1 saturated carbocycles. The third-order valence-corrected chi connectivity index (χ3v) is 5.69. The fourth-order valence-corrected chi connectivity index (χ4v) is 4.02. The van der Waals surface area contributed by atoms with Crippen molar-refractivity contribution in [3.8, 4) is 0 Å². The second kappa shape index (κ2) is 7.13. The van der Waals surface area contributed by atoms with Gasteiger partial charge in [-0.2, -0.15) is 0 Å². The zero-order valence-corrected chi connectivity index (χ0v) is 14.5. The highest BCUT2D eigenvalue weighted by Crippen LogP contribution is 2.38. The van der Waals surface area contributed by atoms with Crippen molar-refractivity contribution in [3.05, 3.63) is 0 Å². The van der Waals surface area contributed by atoms with Crippen molar-refractivity contribution < 1.29 is 4.79 Å². The third-order valence-electron chi connectivity index (χ3n) is 5.69. The fourth-order valence-electron chi connectivity index (χ4n) is 4.02. The van der Waals surface area contributed by atoms with Crippen molar-refractivity contribution in [2.75, 3.05) is 6.54 Å². The zero-order valence-electron chi connectivity index (χ0n) is 14.5. The number of hydrogen-bond donors (Lipinski definition) is 1. The summed E-state index contributed by atoms with van der Waals surface area (Å²) in [6.07, 6.45) is 10.1. The van der Waals surface area contributed by atoms with Gasteiger partial charge in [-0.25, -0.2) is 0 Å². The van der Waals surface area contributed by atoms with Gasteiger partial charge in [-0.05, 0) is 30.6 Å². The molecule has 0 spiro atoms. The van der Waals surface area contributed by atoms with E-state index in [1.165, 1.54) is 32.1 Å². The van der Waals surface area contributed by atoms with Crippen LogP contribution in [0.5, 0.6) is 0 Å². The van der Waals surface area contributed by atoms with E-state index in [4.69, 9.17) is 0 Å². The molecule has 1 aliphatic carbocycles. The summed E-state index contributed by atoms with van der Waals surface area (Å²) in [5.74, 6) is 0.788. The molecule has 2 fully saturated rings. The van der Waals surface area contributed by atoms with E-state index < -0.39 is 0 Å². The summed E-state index contributed by atoms with van der Waals surface area (Å²) in [5.41, 5.74) is 0.339. The van der Waals surface area contributed by atoms with Crippen LogP contribution in [0.2, 0.25) is 0 Å². The van der Waals surface area contributed by atoms with Crippen LogP contribution >= 0.6 is 0 Å². The minimum absolute atomic E-state index is 0.0405. The number of rotatable bonds is 6. The van der Waals surface area contributed by atoms with E-state index in [0.29, 0.717) is 17.2 Å². The molecule has 2 rings (SSSR count). The minimum Gasteiger partial charge on any atom is -0.325 e. The van der Waals surface area contributed by atoms with E-state index in [2.05, 4.69) is 37.9 Å². The normalized spacial score (nSPS) is 30.7. The first-order valence-corrected chi connectivity index (χ1v) is 9.07. The van der Waals surface area contributed by atoms with Gasteiger partial charge in [-0.3, -0.25) is 10.1 Å². The molecule has 1 heterocycles. The average molecular weight is 294 g/mol.